The summed E-state index contributed by atoms with van der Waals surface area (Å²) in [6.07, 6.45) is 2.21. The van der Waals surface area contributed by atoms with Crippen molar-refractivity contribution in [3.63, 3.8) is 0 Å². The number of rotatable bonds is 2. The Balaban J connectivity index is 0.00000147. The highest BCUT2D eigenvalue weighted by Crippen LogP contribution is 2.20. The van der Waals surface area contributed by atoms with Gasteiger partial charge in [-0.25, -0.2) is 4.98 Å². The molecule has 2 aromatic carbocycles. The molecule has 0 saturated carbocycles. The zero-order valence-corrected chi connectivity index (χ0v) is 13.8. The van der Waals surface area contributed by atoms with Crippen LogP contribution in [0.5, 0.6) is 0 Å². The summed E-state index contributed by atoms with van der Waals surface area (Å²) in [6, 6.07) is 13.9. The molecule has 5 heteroatoms. The van der Waals surface area contributed by atoms with Gasteiger partial charge in [0.05, 0.1) is 17.2 Å². The second-order valence-corrected chi connectivity index (χ2v) is 5.21. The van der Waals surface area contributed by atoms with Crippen molar-refractivity contribution in [1.82, 2.24) is 9.97 Å². The lowest BCUT2D eigenvalue weighted by Crippen LogP contribution is -2.06. The Kier molecular flexibility index (Phi) is 4.73. The molecule has 1 heterocycles. The highest BCUT2D eigenvalue weighted by Gasteiger charge is 2.04. The fraction of sp³-hybridized carbons (Fsp3) is 0.0667. The fourth-order valence-corrected chi connectivity index (χ4v) is 2.51. The van der Waals surface area contributed by atoms with Gasteiger partial charge >= 0.3 is 0 Å². The predicted octanol–water partition coefficient (Wildman–Crippen LogP) is 3.85. The van der Waals surface area contributed by atoms with Crippen molar-refractivity contribution >= 4 is 43.8 Å². The average molecular weight is 396 g/mol. The molecule has 0 aliphatic heterocycles. The first-order chi connectivity index (χ1) is 9.24. The van der Waals surface area contributed by atoms with E-state index in [1.165, 1.54) is 11.9 Å². The lowest BCUT2D eigenvalue weighted by molar-refractivity contribution is 1.15. The lowest BCUT2D eigenvalue weighted by Gasteiger charge is -2.05. The number of hydrogen-bond donors (Lipinski definition) is 1. The van der Waals surface area contributed by atoms with E-state index in [4.69, 9.17) is 0 Å². The van der Waals surface area contributed by atoms with Crippen LogP contribution in [-0.4, -0.2) is 9.97 Å². The van der Waals surface area contributed by atoms with Crippen molar-refractivity contribution < 1.29 is 0 Å². The number of aromatic amines is 1. The van der Waals surface area contributed by atoms with Gasteiger partial charge in [0.15, 0.2) is 0 Å². The minimum atomic E-state index is -0.0982. The largest absolute Gasteiger partial charge is 0.313 e. The molecule has 102 valence electrons. The predicted molar refractivity (Wildman–Crippen MR) is 89.6 cm³/mol. The second-order valence-electron chi connectivity index (χ2n) is 4.35. The number of nitrogens with zero attached hydrogens (tertiary/aromatic N) is 1. The van der Waals surface area contributed by atoms with E-state index >= 15 is 0 Å². The zero-order valence-electron chi connectivity index (χ0n) is 10.5. The number of nitrogens with one attached hydrogen (secondary N) is 1. The third-order valence-corrected chi connectivity index (χ3v) is 3.83. The molecule has 0 aliphatic carbocycles. The maximum absolute atomic E-state index is 11.7. The summed E-state index contributed by atoms with van der Waals surface area (Å²) in [5.41, 5.74) is 2.92. The summed E-state index contributed by atoms with van der Waals surface area (Å²) in [5, 5.41) is 0.632. The van der Waals surface area contributed by atoms with Crippen molar-refractivity contribution in [3.05, 3.63) is 74.7 Å². The molecule has 0 aliphatic rings. The number of fused-ring (bicyclic) bond motifs is 1. The standard InChI is InChI=1S/C15H11BrN2O.BrH/c16-13-4-2-1-3-11(13)7-10-5-6-14-12(8-10)15(19)18-9-17-14;/h1-6,8-9H,7H2,(H,17,18,19);1H. The summed E-state index contributed by atoms with van der Waals surface area (Å²) < 4.78 is 1.08. The molecule has 0 radical (unpaired) electrons. The second kappa shape index (κ2) is 6.33. The molecule has 3 rings (SSSR count). The van der Waals surface area contributed by atoms with Crippen LogP contribution < -0.4 is 5.56 Å². The molecule has 1 aromatic heterocycles. The fourth-order valence-electron chi connectivity index (χ4n) is 2.09. The van der Waals surface area contributed by atoms with E-state index in [1.807, 2.05) is 36.4 Å². The van der Waals surface area contributed by atoms with Crippen LogP contribution in [0, 0.1) is 0 Å². The van der Waals surface area contributed by atoms with Gasteiger partial charge in [-0.3, -0.25) is 4.79 Å². The highest BCUT2D eigenvalue weighted by atomic mass is 79.9. The number of halogens is 2. The maximum atomic E-state index is 11.7. The summed E-state index contributed by atoms with van der Waals surface area (Å²) >= 11 is 3.54. The van der Waals surface area contributed by atoms with Crippen LogP contribution in [0.15, 0.2) is 58.1 Å². The first-order valence-corrected chi connectivity index (χ1v) is 6.73. The van der Waals surface area contributed by atoms with Gasteiger partial charge in [0.25, 0.3) is 5.56 Å². The van der Waals surface area contributed by atoms with Crippen LogP contribution in [0.25, 0.3) is 10.9 Å². The molecular formula is C15H12Br2N2O. The Bertz CT molecular complexity index is 799. The summed E-state index contributed by atoms with van der Waals surface area (Å²) in [6.45, 7) is 0. The van der Waals surface area contributed by atoms with Crippen molar-refractivity contribution in [2.45, 2.75) is 6.42 Å². The number of hydrogen-bond acceptors (Lipinski definition) is 2. The number of benzene rings is 2. The van der Waals surface area contributed by atoms with Gasteiger partial charge in [-0.2, -0.15) is 0 Å². The molecule has 0 amide bonds. The third kappa shape index (κ3) is 2.99. The van der Waals surface area contributed by atoms with E-state index in [-0.39, 0.29) is 22.5 Å². The van der Waals surface area contributed by atoms with Crippen LogP contribution in [-0.2, 0) is 6.42 Å². The van der Waals surface area contributed by atoms with Crippen molar-refractivity contribution in [1.29, 1.82) is 0 Å². The number of H-pyrrole nitrogens is 1. The minimum Gasteiger partial charge on any atom is -0.313 e. The Morgan fingerprint density at radius 1 is 1.15 bits per heavy atom. The van der Waals surface area contributed by atoms with Gasteiger partial charge < -0.3 is 4.98 Å². The zero-order chi connectivity index (χ0) is 13.2. The summed E-state index contributed by atoms with van der Waals surface area (Å²) in [5.74, 6) is 0. The molecule has 3 aromatic rings. The van der Waals surface area contributed by atoms with Crippen LogP contribution in [0.2, 0.25) is 0 Å². The SMILES string of the molecule is Br.O=c1[nH]cnc2ccc(Cc3ccccc3Br)cc12. The molecular weight excluding hydrogens is 384 g/mol. The van der Waals surface area contributed by atoms with Crippen molar-refractivity contribution in [2.75, 3.05) is 0 Å². The first-order valence-electron chi connectivity index (χ1n) is 5.94. The molecule has 0 spiro atoms. The third-order valence-electron chi connectivity index (χ3n) is 3.06. The Morgan fingerprint density at radius 3 is 2.75 bits per heavy atom. The summed E-state index contributed by atoms with van der Waals surface area (Å²) in [4.78, 5) is 18.5. The Morgan fingerprint density at radius 2 is 1.95 bits per heavy atom. The van der Waals surface area contributed by atoms with E-state index in [0.29, 0.717) is 5.39 Å². The maximum Gasteiger partial charge on any atom is 0.258 e. The van der Waals surface area contributed by atoms with E-state index in [0.717, 1.165) is 22.0 Å². The topological polar surface area (TPSA) is 45.8 Å². The quantitative estimate of drug-likeness (QED) is 0.716. The van der Waals surface area contributed by atoms with E-state index in [9.17, 15) is 4.79 Å². The van der Waals surface area contributed by atoms with Gasteiger partial charge in [-0.05, 0) is 35.7 Å². The molecule has 0 atom stereocenters. The van der Waals surface area contributed by atoms with Gasteiger partial charge in [-0.15, -0.1) is 17.0 Å². The Labute approximate surface area is 135 Å². The minimum absolute atomic E-state index is 0. The van der Waals surface area contributed by atoms with E-state index < -0.39 is 0 Å². The van der Waals surface area contributed by atoms with Gasteiger partial charge in [0, 0.05) is 4.47 Å². The molecule has 3 nitrogen and oxygen atoms in total. The first kappa shape index (κ1) is 14.9. The van der Waals surface area contributed by atoms with Crippen LogP contribution in [0.1, 0.15) is 11.1 Å². The molecule has 0 unspecified atom stereocenters. The van der Waals surface area contributed by atoms with Crippen LogP contribution in [0.4, 0.5) is 0 Å². The van der Waals surface area contributed by atoms with Crippen LogP contribution >= 0.6 is 32.9 Å². The Hall–Kier alpha value is -1.46. The van der Waals surface area contributed by atoms with Gasteiger partial charge in [0.2, 0.25) is 0 Å². The van der Waals surface area contributed by atoms with Crippen molar-refractivity contribution in [2.24, 2.45) is 0 Å². The monoisotopic (exact) mass is 394 g/mol. The highest BCUT2D eigenvalue weighted by molar-refractivity contribution is 9.10. The van der Waals surface area contributed by atoms with E-state index in [2.05, 4.69) is 32.0 Å². The van der Waals surface area contributed by atoms with Crippen LogP contribution in [0.3, 0.4) is 0 Å². The van der Waals surface area contributed by atoms with Gasteiger partial charge in [0.1, 0.15) is 0 Å². The number of aromatic nitrogens is 2. The lowest BCUT2D eigenvalue weighted by atomic mass is 10.0. The average Bonchev–Trinajstić information content (AvgIpc) is 2.42. The molecule has 0 fully saturated rings. The molecule has 0 bridgehead atoms. The molecule has 20 heavy (non-hydrogen) atoms. The molecule has 1 N–H and O–H groups in total. The van der Waals surface area contributed by atoms with E-state index in [1.54, 1.807) is 0 Å². The summed E-state index contributed by atoms with van der Waals surface area (Å²) in [7, 11) is 0. The smallest absolute Gasteiger partial charge is 0.258 e. The normalized spacial score (nSPS) is 10.2. The van der Waals surface area contributed by atoms with Crippen molar-refractivity contribution in [3.8, 4) is 0 Å². The molecule has 0 saturated heterocycles. The van der Waals surface area contributed by atoms with Gasteiger partial charge in [-0.1, -0.05) is 40.2 Å².